The first kappa shape index (κ1) is 15.6. The second kappa shape index (κ2) is 6.65. The van der Waals surface area contributed by atoms with E-state index in [2.05, 4.69) is 10.0 Å². The normalized spacial score (nSPS) is 11.3. The molecule has 0 radical (unpaired) electrons. The van der Waals surface area contributed by atoms with Gasteiger partial charge in [0.25, 0.3) is 5.91 Å². The van der Waals surface area contributed by atoms with E-state index in [0.29, 0.717) is 18.7 Å². The molecule has 6 nitrogen and oxygen atoms in total. The van der Waals surface area contributed by atoms with Crippen molar-refractivity contribution in [3.05, 3.63) is 29.8 Å². The zero-order valence-electron chi connectivity index (χ0n) is 11.3. The lowest BCUT2D eigenvalue weighted by atomic mass is 10.2. The van der Waals surface area contributed by atoms with Crippen molar-refractivity contribution in [2.75, 3.05) is 34.2 Å². The highest BCUT2D eigenvalue weighted by Gasteiger charge is 2.14. The largest absolute Gasteiger partial charge is 0.345 e. The molecule has 0 unspecified atom stereocenters. The second-order valence-electron chi connectivity index (χ2n) is 4.23. The van der Waals surface area contributed by atoms with Gasteiger partial charge in [-0.25, -0.2) is 13.1 Å². The van der Waals surface area contributed by atoms with Crippen LogP contribution in [0.2, 0.25) is 0 Å². The predicted molar refractivity (Wildman–Crippen MR) is 73.6 cm³/mol. The summed E-state index contributed by atoms with van der Waals surface area (Å²) in [5.74, 6) is -0.160. The van der Waals surface area contributed by atoms with Crippen LogP contribution in [0, 0.1) is 0 Å². The monoisotopic (exact) mass is 285 g/mol. The topological polar surface area (TPSA) is 78.5 Å². The van der Waals surface area contributed by atoms with Crippen LogP contribution in [0.25, 0.3) is 0 Å². The highest BCUT2D eigenvalue weighted by Crippen LogP contribution is 2.11. The van der Waals surface area contributed by atoms with E-state index in [9.17, 15) is 13.2 Å². The smallest absolute Gasteiger partial charge is 0.253 e. The van der Waals surface area contributed by atoms with Gasteiger partial charge in [0.2, 0.25) is 10.0 Å². The van der Waals surface area contributed by atoms with Gasteiger partial charge in [0, 0.05) is 32.7 Å². The Kier molecular flexibility index (Phi) is 5.46. The maximum atomic E-state index is 11.9. The molecule has 0 aliphatic carbocycles. The summed E-state index contributed by atoms with van der Waals surface area (Å²) in [6, 6.07) is 5.88. The molecule has 0 spiro atoms. The van der Waals surface area contributed by atoms with Crippen molar-refractivity contribution in [1.29, 1.82) is 0 Å². The van der Waals surface area contributed by atoms with Crippen molar-refractivity contribution in [2.24, 2.45) is 0 Å². The van der Waals surface area contributed by atoms with Crippen LogP contribution in [0.5, 0.6) is 0 Å². The van der Waals surface area contributed by atoms with Gasteiger partial charge in [0.1, 0.15) is 0 Å². The Morgan fingerprint density at radius 1 is 1.16 bits per heavy atom. The molecule has 2 N–H and O–H groups in total. The molecule has 0 saturated heterocycles. The first-order valence-electron chi connectivity index (χ1n) is 5.84. The lowest BCUT2D eigenvalue weighted by Gasteiger charge is -2.11. The average Bonchev–Trinajstić information content (AvgIpc) is 2.38. The standard InChI is InChI=1S/C12H19N3O3S/c1-13-8-9-14-19(17,18)11-6-4-10(5-7-11)12(16)15(2)3/h4-7,13-14H,8-9H2,1-3H3. The van der Waals surface area contributed by atoms with E-state index in [0.717, 1.165) is 0 Å². The highest BCUT2D eigenvalue weighted by molar-refractivity contribution is 7.89. The van der Waals surface area contributed by atoms with Crippen molar-refractivity contribution in [3.8, 4) is 0 Å². The number of hydrogen-bond donors (Lipinski definition) is 2. The summed E-state index contributed by atoms with van der Waals surface area (Å²) in [6.07, 6.45) is 0. The molecule has 0 fully saturated rings. The van der Waals surface area contributed by atoms with Gasteiger partial charge < -0.3 is 10.2 Å². The first-order chi connectivity index (χ1) is 8.88. The number of amides is 1. The molecule has 1 rings (SSSR count). The van der Waals surface area contributed by atoms with Crippen molar-refractivity contribution < 1.29 is 13.2 Å². The van der Waals surface area contributed by atoms with Crippen molar-refractivity contribution in [2.45, 2.75) is 4.90 Å². The molecule has 7 heteroatoms. The second-order valence-corrected chi connectivity index (χ2v) is 5.99. The zero-order chi connectivity index (χ0) is 14.5. The third-order valence-corrected chi connectivity index (χ3v) is 3.96. The summed E-state index contributed by atoms with van der Waals surface area (Å²) in [6.45, 7) is 0.869. The number of benzene rings is 1. The average molecular weight is 285 g/mol. The summed E-state index contributed by atoms with van der Waals surface area (Å²) >= 11 is 0. The molecular formula is C12H19N3O3S. The fourth-order valence-electron chi connectivity index (χ4n) is 1.43. The van der Waals surface area contributed by atoms with Gasteiger partial charge in [-0.3, -0.25) is 4.79 Å². The Morgan fingerprint density at radius 3 is 2.21 bits per heavy atom. The lowest BCUT2D eigenvalue weighted by Crippen LogP contribution is -2.30. The molecule has 106 valence electrons. The highest BCUT2D eigenvalue weighted by atomic mass is 32.2. The van der Waals surface area contributed by atoms with Crippen LogP contribution in [0.3, 0.4) is 0 Å². The van der Waals surface area contributed by atoms with Crippen LogP contribution in [0.15, 0.2) is 29.2 Å². The number of likely N-dealkylation sites (N-methyl/N-ethyl adjacent to an activating group) is 1. The molecular weight excluding hydrogens is 266 g/mol. The maximum absolute atomic E-state index is 11.9. The van der Waals surface area contributed by atoms with Crippen molar-refractivity contribution >= 4 is 15.9 Å². The van der Waals surface area contributed by atoms with E-state index in [1.54, 1.807) is 21.1 Å². The van der Waals surface area contributed by atoms with Gasteiger partial charge >= 0.3 is 0 Å². The fraction of sp³-hybridized carbons (Fsp3) is 0.417. The summed E-state index contributed by atoms with van der Waals surface area (Å²) in [7, 11) is 1.53. The number of hydrogen-bond acceptors (Lipinski definition) is 4. The lowest BCUT2D eigenvalue weighted by molar-refractivity contribution is 0.0827. The van der Waals surface area contributed by atoms with Crippen molar-refractivity contribution in [1.82, 2.24) is 14.9 Å². The number of sulfonamides is 1. The number of nitrogens with zero attached hydrogens (tertiary/aromatic N) is 1. The molecule has 1 aromatic rings. The van der Waals surface area contributed by atoms with E-state index >= 15 is 0 Å². The third kappa shape index (κ3) is 4.30. The van der Waals surface area contributed by atoms with Crippen LogP contribution in [0.4, 0.5) is 0 Å². The molecule has 1 amide bonds. The Labute approximate surface area is 113 Å². The van der Waals surface area contributed by atoms with Gasteiger partial charge in [-0.05, 0) is 31.3 Å². The number of carbonyl (C=O) groups excluding carboxylic acids is 1. The molecule has 0 heterocycles. The van der Waals surface area contributed by atoms with E-state index < -0.39 is 10.0 Å². The minimum atomic E-state index is -3.51. The molecule has 1 aromatic carbocycles. The third-order valence-electron chi connectivity index (χ3n) is 2.48. The molecule has 0 bridgehead atoms. The van der Waals surface area contributed by atoms with Crippen LogP contribution in [0.1, 0.15) is 10.4 Å². The molecule has 0 saturated carbocycles. The summed E-state index contributed by atoms with van der Waals surface area (Å²) in [4.78, 5) is 13.3. The van der Waals surface area contributed by atoms with Gasteiger partial charge in [0.15, 0.2) is 0 Å². The first-order valence-corrected chi connectivity index (χ1v) is 7.33. The molecule has 19 heavy (non-hydrogen) atoms. The minimum absolute atomic E-state index is 0.152. The van der Waals surface area contributed by atoms with Crippen molar-refractivity contribution in [3.63, 3.8) is 0 Å². The predicted octanol–water partition coefficient (Wildman–Crippen LogP) is -0.114. The summed E-state index contributed by atoms with van der Waals surface area (Å²) in [5.41, 5.74) is 0.458. The maximum Gasteiger partial charge on any atom is 0.253 e. The van der Waals surface area contributed by atoms with Crippen LogP contribution < -0.4 is 10.0 Å². The van der Waals surface area contributed by atoms with E-state index in [4.69, 9.17) is 0 Å². The van der Waals surface area contributed by atoms with Gasteiger partial charge in [0.05, 0.1) is 4.90 Å². The minimum Gasteiger partial charge on any atom is -0.345 e. The Morgan fingerprint density at radius 2 is 1.74 bits per heavy atom. The van der Waals surface area contributed by atoms with Gasteiger partial charge in [-0.15, -0.1) is 0 Å². The number of rotatable bonds is 6. The quantitative estimate of drug-likeness (QED) is 0.715. The Balaban J connectivity index is 2.84. The fourth-order valence-corrected chi connectivity index (χ4v) is 2.46. The van der Waals surface area contributed by atoms with Crippen LogP contribution in [-0.2, 0) is 10.0 Å². The SMILES string of the molecule is CNCCNS(=O)(=O)c1ccc(C(=O)N(C)C)cc1. The Hall–Kier alpha value is -1.44. The molecule has 0 aromatic heterocycles. The summed E-state index contributed by atoms with van der Waals surface area (Å²) in [5, 5.41) is 2.85. The van der Waals surface area contributed by atoms with Crippen LogP contribution >= 0.6 is 0 Å². The van der Waals surface area contributed by atoms with E-state index in [1.165, 1.54) is 29.2 Å². The number of carbonyl (C=O) groups is 1. The van der Waals surface area contributed by atoms with E-state index in [1.807, 2.05) is 0 Å². The molecule has 0 atom stereocenters. The summed E-state index contributed by atoms with van der Waals surface area (Å²) < 4.78 is 26.2. The van der Waals surface area contributed by atoms with Gasteiger partial charge in [-0.2, -0.15) is 0 Å². The molecule has 0 aliphatic rings. The van der Waals surface area contributed by atoms with E-state index in [-0.39, 0.29) is 10.8 Å². The van der Waals surface area contributed by atoms with Crippen LogP contribution in [-0.4, -0.2) is 53.5 Å². The Bertz CT molecular complexity index is 524. The zero-order valence-corrected chi connectivity index (χ0v) is 12.1. The number of nitrogens with one attached hydrogen (secondary N) is 2. The molecule has 0 aliphatic heterocycles. The van der Waals surface area contributed by atoms with Gasteiger partial charge in [-0.1, -0.05) is 0 Å².